The summed E-state index contributed by atoms with van der Waals surface area (Å²) in [4.78, 5) is 0. The molecule has 78 valence electrons. The van der Waals surface area contributed by atoms with Crippen molar-refractivity contribution in [1.29, 1.82) is 0 Å². The minimum absolute atomic E-state index is 0.0233. The van der Waals surface area contributed by atoms with E-state index in [1.165, 1.54) is 0 Å². The molecule has 3 heteroatoms. The third-order valence-electron chi connectivity index (χ3n) is 2.42. The first-order valence-electron chi connectivity index (χ1n) is 4.86. The predicted molar refractivity (Wildman–Crippen MR) is 58.9 cm³/mol. The lowest BCUT2D eigenvalue weighted by Crippen LogP contribution is -2.38. The summed E-state index contributed by atoms with van der Waals surface area (Å²) >= 11 is 0. The fourth-order valence-electron chi connectivity index (χ4n) is 1.12. The van der Waals surface area contributed by atoms with Gasteiger partial charge in [0, 0.05) is 17.6 Å². The molecule has 0 spiro atoms. The van der Waals surface area contributed by atoms with Crippen molar-refractivity contribution in [3.63, 3.8) is 0 Å². The molecule has 14 heavy (non-hydrogen) atoms. The van der Waals surface area contributed by atoms with Crippen molar-refractivity contribution >= 4 is 5.69 Å². The molecule has 1 aromatic rings. The highest BCUT2D eigenvalue weighted by Gasteiger charge is 2.17. The summed E-state index contributed by atoms with van der Waals surface area (Å²) in [5, 5.41) is 12.7. The van der Waals surface area contributed by atoms with Crippen molar-refractivity contribution in [3.8, 4) is 0 Å². The number of hydrogen-bond donors (Lipinski definition) is 3. The smallest absolute Gasteiger partial charge is 0.128 e. The van der Waals surface area contributed by atoms with Crippen molar-refractivity contribution in [2.45, 2.75) is 26.1 Å². The van der Waals surface area contributed by atoms with Gasteiger partial charge in [0.05, 0.1) is 0 Å². The van der Waals surface area contributed by atoms with Crippen LogP contribution < -0.4 is 11.1 Å². The second-order valence-electron chi connectivity index (χ2n) is 3.67. The van der Waals surface area contributed by atoms with E-state index < -0.39 is 6.23 Å². The Bertz CT molecular complexity index is 261. The lowest BCUT2D eigenvalue weighted by atomic mass is 10.0. The third-order valence-corrected chi connectivity index (χ3v) is 2.42. The van der Waals surface area contributed by atoms with Gasteiger partial charge in [0.1, 0.15) is 6.23 Å². The van der Waals surface area contributed by atoms with Crippen molar-refractivity contribution < 1.29 is 5.11 Å². The van der Waals surface area contributed by atoms with Crippen LogP contribution in [0, 0.1) is 5.92 Å². The van der Waals surface area contributed by atoms with Crippen LogP contribution in [-0.4, -0.2) is 17.4 Å². The number of para-hydroxylation sites is 1. The van der Waals surface area contributed by atoms with E-state index in [0.717, 1.165) is 5.69 Å². The largest absolute Gasteiger partial charge is 0.373 e. The second-order valence-corrected chi connectivity index (χ2v) is 3.67. The minimum Gasteiger partial charge on any atom is -0.373 e. The Kier molecular flexibility index (Phi) is 3.92. The van der Waals surface area contributed by atoms with Crippen LogP contribution in [0.3, 0.4) is 0 Å². The zero-order chi connectivity index (χ0) is 10.6. The van der Waals surface area contributed by atoms with Crippen LogP contribution in [-0.2, 0) is 0 Å². The number of nitrogens with two attached hydrogens (primary N) is 1. The maximum absolute atomic E-state index is 9.75. The Morgan fingerprint density at radius 3 is 2.29 bits per heavy atom. The quantitative estimate of drug-likeness (QED) is 0.635. The molecule has 3 atom stereocenters. The van der Waals surface area contributed by atoms with Crippen molar-refractivity contribution in [2.24, 2.45) is 11.7 Å². The van der Waals surface area contributed by atoms with Gasteiger partial charge in [-0.15, -0.1) is 0 Å². The summed E-state index contributed by atoms with van der Waals surface area (Å²) in [6.07, 6.45) is -0.600. The molecule has 3 unspecified atom stereocenters. The first-order chi connectivity index (χ1) is 6.61. The van der Waals surface area contributed by atoms with Gasteiger partial charge < -0.3 is 16.2 Å². The van der Waals surface area contributed by atoms with Gasteiger partial charge in [0.25, 0.3) is 0 Å². The standard InChI is InChI=1S/C11H18N2O/c1-8(9(2)12)11(14)13-10-6-4-3-5-7-10/h3-9,11,13-14H,12H2,1-2H3. The molecule has 0 heterocycles. The van der Waals surface area contributed by atoms with E-state index in [2.05, 4.69) is 5.32 Å². The summed E-state index contributed by atoms with van der Waals surface area (Å²) in [5.41, 5.74) is 6.60. The Morgan fingerprint density at radius 1 is 1.21 bits per heavy atom. The molecule has 0 aliphatic heterocycles. The molecule has 1 rings (SSSR count). The van der Waals surface area contributed by atoms with Gasteiger partial charge in [-0.2, -0.15) is 0 Å². The Balaban J connectivity index is 2.53. The van der Waals surface area contributed by atoms with Crippen LogP contribution in [0.4, 0.5) is 5.69 Å². The molecule has 0 radical (unpaired) electrons. The van der Waals surface area contributed by atoms with E-state index in [9.17, 15) is 5.11 Å². The zero-order valence-electron chi connectivity index (χ0n) is 8.64. The Hall–Kier alpha value is -1.06. The normalized spacial score (nSPS) is 17.1. The maximum atomic E-state index is 9.75. The van der Waals surface area contributed by atoms with Gasteiger partial charge >= 0.3 is 0 Å². The third kappa shape index (κ3) is 3.01. The van der Waals surface area contributed by atoms with Crippen molar-refractivity contribution in [3.05, 3.63) is 30.3 Å². The Labute approximate surface area is 84.9 Å². The second kappa shape index (κ2) is 4.98. The number of rotatable bonds is 4. The summed E-state index contributed by atoms with van der Waals surface area (Å²) in [6, 6.07) is 9.58. The monoisotopic (exact) mass is 194 g/mol. The first kappa shape index (κ1) is 11.0. The Morgan fingerprint density at radius 2 is 1.79 bits per heavy atom. The molecular weight excluding hydrogens is 176 g/mol. The van der Waals surface area contributed by atoms with E-state index in [4.69, 9.17) is 5.73 Å². The molecule has 4 N–H and O–H groups in total. The van der Waals surface area contributed by atoms with Crippen LogP contribution in [0.5, 0.6) is 0 Å². The minimum atomic E-state index is -0.600. The zero-order valence-corrected chi connectivity index (χ0v) is 8.64. The number of anilines is 1. The summed E-state index contributed by atoms with van der Waals surface area (Å²) in [5.74, 6) is 0.0233. The molecule has 0 aromatic heterocycles. The van der Waals surface area contributed by atoms with Gasteiger partial charge in [-0.3, -0.25) is 0 Å². The van der Waals surface area contributed by atoms with E-state index in [1.54, 1.807) is 0 Å². The van der Waals surface area contributed by atoms with E-state index in [0.29, 0.717) is 0 Å². The highest BCUT2D eigenvalue weighted by Crippen LogP contribution is 2.12. The van der Waals surface area contributed by atoms with E-state index in [-0.39, 0.29) is 12.0 Å². The van der Waals surface area contributed by atoms with Crippen LogP contribution in [0.15, 0.2) is 30.3 Å². The molecule has 0 saturated heterocycles. The fourth-order valence-corrected chi connectivity index (χ4v) is 1.12. The topological polar surface area (TPSA) is 58.3 Å². The van der Waals surface area contributed by atoms with E-state index in [1.807, 2.05) is 44.2 Å². The highest BCUT2D eigenvalue weighted by molar-refractivity contribution is 5.42. The molecule has 1 aromatic carbocycles. The van der Waals surface area contributed by atoms with Gasteiger partial charge in [-0.05, 0) is 19.1 Å². The molecule has 0 aliphatic rings. The first-order valence-corrected chi connectivity index (χ1v) is 4.86. The van der Waals surface area contributed by atoms with Crippen LogP contribution in [0.2, 0.25) is 0 Å². The average Bonchev–Trinajstić information content (AvgIpc) is 2.18. The summed E-state index contributed by atoms with van der Waals surface area (Å²) in [6.45, 7) is 3.81. The highest BCUT2D eigenvalue weighted by atomic mass is 16.3. The van der Waals surface area contributed by atoms with Crippen molar-refractivity contribution in [1.82, 2.24) is 0 Å². The molecular formula is C11H18N2O. The van der Waals surface area contributed by atoms with E-state index >= 15 is 0 Å². The number of nitrogens with one attached hydrogen (secondary N) is 1. The maximum Gasteiger partial charge on any atom is 0.128 e. The van der Waals surface area contributed by atoms with Gasteiger partial charge in [-0.1, -0.05) is 25.1 Å². The number of aliphatic hydroxyl groups excluding tert-OH is 1. The fraction of sp³-hybridized carbons (Fsp3) is 0.455. The van der Waals surface area contributed by atoms with Crippen LogP contribution in [0.1, 0.15) is 13.8 Å². The number of benzene rings is 1. The SMILES string of the molecule is CC(N)C(C)C(O)Nc1ccccc1. The van der Waals surface area contributed by atoms with Gasteiger partial charge in [-0.25, -0.2) is 0 Å². The lowest BCUT2D eigenvalue weighted by molar-refractivity contribution is 0.131. The van der Waals surface area contributed by atoms with Crippen LogP contribution in [0.25, 0.3) is 0 Å². The molecule has 0 aliphatic carbocycles. The average molecular weight is 194 g/mol. The number of hydrogen-bond acceptors (Lipinski definition) is 3. The summed E-state index contributed by atoms with van der Waals surface area (Å²) < 4.78 is 0. The summed E-state index contributed by atoms with van der Waals surface area (Å²) in [7, 11) is 0. The van der Waals surface area contributed by atoms with Crippen molar-refractivity contribution in [2.75, 3.05) is 5.32 Å². The molecule has 3 nitrogen and oxygen atoms in total. The predicted octanol–water partition coefficient (Wildman–Crippen LogP) is 1.40. The van der Waals surface area contributed by atoms with Gasteiger partial charge in [0.15, 0.2) is 0 Å². The molecule has 0 fully saturated rings. The molecule has 0 bridgehead atoms. The van der Waals surface area contributed by atoms with Gasteiger partial charge in [0.2, 0.25) is 0 Å². The van der Waals surface area contributed by atoms with Crippen LogP contribution >= 0.6 is 0 Å². The number of aliphatic hydroxyl groups is 1. The lowest BCUT2D eigenvalue weighted by Gasteiger charge is -2.23. The molecule has 0 amide bonds. The molecule has 0 saturated carbocycles.